The molecule has 3 heteroatoms. The summed E-state index contributed by atoms with van der Waals surface area (Å²) in [6.45, 7) is 9.84. The number of ether oxygens (including phenoxy) is 2. The Morgan fingerprint density at radius 2 is 2.20 bits per heavy atom. The molecular formula is C12H20O3. The SMILES string of the molecule is C=C(C)C(=O)OCC(CCC)C1OC1C. The molecule has 1 fully saturated rings. The summed E-state index contributed by atoms with van der Waals surface area (Å²) in [7, 11) is 0. The molecule has 1 aliphatic rings. The molecule has 1 rings (SSSR count). The first-order valence-electron chi connectivity index (χ1n) is 5.54. The van der Waals surface area contributed by atoms with Crippen LogP contribution in [-0.2, 0) is 14.3 Å². The van der Waals surface area contributed by atoms with Crippen LogP contribution in [0.3, 0.4) is 0 Å². The topological polar surface area (TPSA) is 38.8 Å². The van der Waals surface area contributed by atoms with Crippen molar-refractivity contribution >= 4 is 5.97 Å². The van der Waals surface area contributed by atoms with Gasteiger partial charge in [0.05, 0.1) is 18.8 Å². The van der Waals surface area contributed by atoms with Crippen molar-refractivity contribution in [1.29, 1.82) is 0 Å². The van der Waals surface area contributed by atoms with Crippen LogP contribution in [0.4, 0.5) is 0 Å². The number of hydrogen-bond donors (Lipinski definition) is 0. The third kappa shape index (κ3) is 3.67. The molecule has 0 N–H and O–H groups in total. The third-order valence-electron chi connectivity index (χ3n) is 2.66. The predicted molar refractivity (Wildman–Crippen MR) is 58.5 cm³/mol. The van der Waals surface area contributed by atoms with E-state index in [1.165, 1.54) is 0 Å². The van der Waals surface area contributed by atoms with Crippen LogP contribution in [0.1, 0.15) is 33.6 Å². The van der Waals surface area contributed by atoms with Crippen molar-refractivity contribution in [2.24, 2.45) is 5.92 Å². The zero-order valence-corrected chi connectivity index (χ0v) is 9.79. The van der Waals surface area contributed by atoms with Crippen LogP contribution < -0.4 is 0 Å². The minimum absolute atomic E-state index is 0.280. The van der Waals surface area contributed by atoms with Crippen LogP contribution in [0.5, 0.6) is 0 Å². The van der Waals surface area contributed by atoms with Crippen molar-refractivity contribution < 1.29 is 14.3 Å². The third-order valence-corrected chi connectivity index (χ3v) is 2.66. The minimum Gasteiger partial charge on any atom is -0.462 e. The Kier molecular flexibility index (Phi) is 4.33. The van der Waals surface area contributed by atoms with Crippen molar-refractivity contribution in [2.75, 3.05) is 6.61 Å². The van der Waals surface area contributed by atoms with Crippen LogP contribution in [0, 0.1) is 5.92 Å². The Labute approximate surface area is 91.4 Å². The van der Waals surface area contributed by atoms with Crippen LogP contribution in [0.15, 0.2) is 12.2 Å². The van der Waals surface area contributed by atoms with Gasteiger partial charge in [0.25, 0.3) is 0 Å². The molecule has 0 amide bonds. The Morgan fingerprint density at radius 1 is 1.60 bits per heavy atom. The smallest absolute Gasteiger partial charge is 0.333 e. The summed E-state index contributed by atoms with van der Waals surface area (Å²) in [5.41, 5.74) is 0.454. The maximum absolute atomic E-state index is 11.2. The van der Waals surface area contributed by atoms with E-state index in [9.17, 15) is 4.79 Å². The summed E-state index contributed by atoms with van der Waals surface area (Å²) in [4.78, 5) is 11.2. The first-order chi connectivity index (χ1) is 7.06. The molecule has 0 radical (unpaired) electrons. The fourth-order valence-electron chi connectivity index (χ4n) is 1.72. The van der Waals surface area contributed by atoms with E-state index in [2.05, 4.69) is 13.5 Å². The average molecular weight is 212 g/mol. The van der Waals surface area contributed by atoms with E-state index in [0.29, 0.717) is 24.2 Å². The maximum atomic E-state index is 11.2. The highest BCUT2D eigenvalue weighted by Crippen LogP contribution is 2.32. The van der Waals surface area contributed by atoms with Gasteiger partial charge in [-0.05, 0) is 20.3 Å². The Hall–Kier alpha value is -0.830. The summed E-state index contributed by atoms with van der Waals surface area (Å²) in [6.07, 6.45) is 2.73. The van der Waals surface area contributed by atoms with Gasteiger partial charge in [0.1, 0.15) is 0 Å². The van der Waals surface area contributed by atoms with E-state index in [1.807, 2.05) is 6.92 Å². The second kappa shape index (κ2) is 5.31. The van der Waals surface area contributed by atoms with Gasteiger partial charge in [0.2, 0.25) is 0 Å². The van der Waals surface area contributed by atoms with Crippen molar-refractivity contribution in [2.45, 2.75) is 45.8 Å². The normalized spacial score (nSPS) is 25.8. The number of epoxide rings is 1. The molecule has 1 saturated heterocycles. The first kappa shape index (κ1) is 12.2. The highest BCUT2D eigenvalue weighted by atomic mass is 16.6. The molecule has 0 aromatic carbocycles. The lowest BCUT2D eigenvalue weighted by atomic mass is 9.99. The highest BCUT2D eigenvalue weighted by molar-refractivity contribution is 5.86. The summed E-state index contributed by atoms with van der Waals surface area (Å²) < 4.78 is 10.6. The molecule has 0 saturated carbocycles. The van der Waals surface area contributed by atoms with Crippen molar-refractivity contribution in [1.82, 2.24) is 0 Å². The lowest BCUT2D eigenvalue weighted by molar-refractivity contribution is -0.140. The van der Waals surface area contributed by atoms with Crippen LogP contribution >= 0.6 is 0 Å². The molecule has 86 valence electrons. The van der Waals surface area contributed by atoms with Crippen LogP contribution in [0.25, 0.3) is 0 Å². The molecule has 1 aliphatic heterocycles. The van der Waals surface area contributed by atoms with Crippen molar-refractivity contribution in [3.63, 3.8) is 0 Å². The fourth-order valence-corrected chi connectivity index (χ4v) is 1.72. The summed E-state index contributed by atoms with van der Waals surface area (Å²) >= 11 is 0. The Morgan fingerprint density at radius 3 is 2.60 bits per heavy atom. The molecule has 15 heavy (non-hydrogen) atoms. The molecule has 1 heterocycles. The predicted octanol–water partition coefficient (Wildman–Crippen LogP) is 2.31. The van der Waals surface area contributed by atoms with E-state index in [-0.39, 0.29) is 12.1 Å². The number of carbonyl (C=O) groups is 1. The maximum Gasteiger partial charge on any atom is 0.333 e. The molecule has 0 spiro atoms. The zero-order valence-electron chi connectivity index (χ0n) is 9.79. The lowest BCUT2D eigenvalue weighted by Crippen LogP contribution is -2.20. The molecule has 0 aromatic rings. The number of carbonyl (C=O) groups excluding carboxylic acids is 1. The van der Waals surface area contributed by atoms with Gasteiger partial charge in [-0.2, -0.15) is 0 Å². The van der Waals surface area contributed by atoms with Gasteiger partial charge in [-0.1, -0.05) is 19.9 Å². The molecule has 0 bridgehead atoms. The highest BCUT2D eigenvalue weighted by Gasteiger charge is 2.41. The van der Waals surface area contributed by atoms with Crippen LogP contribution in [0.2, 0.25) is 0 Å². The van der Waals surface area contributed by atoms with Crippen molar-refractivity contribution in [3.8, 4) is 0 Å². The Balaban J connectivity index is 2.32. The van der Waals surface area contributed by atoms with E-state index in [4.69, 9.17) is 9.47 Å². The second-order valence-corrected chi connectivity index (χ2v) is 4.23. The number of esters is 1. The van der Waals surface area contributed by atoms with Gasteiger partial charge >= 0.3 is 5.97 Å². The molecule has 3 nitrogen and oxygen atoms in total. The largest absolute Gasteiger partial charge is 0.462 e. The number of rotatable bonds is 6. The summed E-state index contributed by atoms with van der Waals surface area (Å²) in [5.74, 6) is 0.0395. The average Bonchev–Trinajstić information content (AvgIpc) is 2.89. The van der Waals surface area contributed by atoms with Gasteiger partial charge in [-0.3, -0.25) is 0 Å². The number of hydrogen-bond acceptors (Lipinski definition) is 3. The Bertz CT molecular complexity index is 247. The molecular weight excluding hydrogens is 192 g/mol. The van der Waals surface area contributed by atoms with Gasteiger partial charge in [-0.25, -0.2) is 4.79 Å². The molecule has 3 unspecified atom stereocenters. The van der Waals surface area contributed by atoms with E-state index < -0.39 is 0 Å². The van der Waals surface area contributed by atoms with Gasteiger partial charge in [-0.15, -0.1) is 0 Å². The van der Waals surface area contributed by atoms with Gasteiger partial charge in [0, 0.05) is 11.5 Å². The lowest BCUT2D eigenvalue weighted by Gasteiger charge is -2.13. The molecule has 0 aliphatic carbocycles. The minimum atomic E-state index is -0.301. The quantitative estimate of drug-likeness (QED) is 0.385. The standard InChI is InChI=1S/C12H20O3/c1-5-6-10(11-9(4)15-11)7-14-12(13)8(2)3/h9-11H,2,5-7H2,1,3-4H3. The summed E-state index contributed by atoms with van der Waals surface area (Å²) in [5, 5.41) is 0. The van der Waals surface area contributed by atoms with Gasteiger partial charge in [0.15, 0.2) is 0 Å². The van der Waals surface area contributed by atoms with Crippen molar-refractivity contribution in [3.05, 3.63) is 12.2 Å². The molecule has 0 aromatic heterocycles. The van der Waals surface area contributed by atoms with E-state index in [0.717, 1.165) is 12.8 Å². The second-order valence-electron chi connectivity index (χ2n) is 4.23. The van der Waals surface area contributed by atoms with E-state index >= 15 is 0 Å². The van der Waals surface area contributed by atoms with E-state index in [1.54, 1.807) is 6.92 Å². The fraction of sp³-hybridized carbons (Fsp3) is 0.750. The zero-order chi connectivity index (χ0) is 11.4. The van der Waals surface area contributed by atoms with Crippen LogP contribution in [-0.4, -0.2) is 24.8 Å². The van der Waals surface area contributed by atoms with Gasteiger partial charge < -0.3 is 9.47 Å². The summed E-state index contributed by atoms with van der Waals surface area (Å²) in [6, 6.07) is 0. The molecule has 3 atom stereocenters. The monoisotopic (exact) mass is 212 g/mol. The first-order valence-corrected chi connectivity index (χ1v) is 5.54.